The lowest BCUT2D eigenvalue weighted by atomic mass is 10.1. The lowest BCUT2D eigenvalue weighted by Gasteiger charge is -2.28. The van der Waals surface area contributed by atoms with Crippen molar-refractivity contribution in [2.75, 3.05) is 24.6 Å². The Bertz CT molecular complexity index is 600. The molecule has 1 N–H and O–H groups in total. The Kier molecular flexibility index (Phi) is 4.00. The van der Waals surface area contributed by atoms with E-state index < -0.39 is 9.84 Å². The molecule has 128 valence electrons. The molecule has 0 spiro atoms. The Labute approximate surface area is 138 Å². The molecule has 2 saturated heterocycles. The minimum absolute atomic E-state index is 0.0369. The Morgan fingerprint density at radius 3 is 2.17 bits per heavy atom. The van der Waals surface area contributed by atoms with Gasteiger partial charge in [0.05, 0.1) is 17.5 Å². The van der Waals surface area contributed by atoms with Crippen molar-refractivity contribution in [3.05, 3.63) is 11.6 Å². The standard InChI is InChI=1S/C17H26N2O3S/c20-17(9-14(12-3-4-12)13-5-6-13)18-15-10-23(21,22)11-16(15)19-7-1-2-8-19/h9,12-13,15-16H,1-8,10-11H2,(H,18,20)/t15-,16-/m1/s1. The summed E-state index contributed by atoms with van der Waals surface area (Å²) in [4.78, 5) is 14.7. The number of amides is 1. The van der Waals surface area contributed by atoms with E-state index in [4.69, 9.17) is 0 Å². The zero-order chi connectivity index (χ0) is 16.0. The third-order valence-corrected chi connectivity index (χ3v) is 7.37. The van der Waals surface area contributed by atoms with Gasteiger partial charge < -0.3 is 5.32 Å². The smallest absolute Gasteiger partial charge is 0.244 e. The fourth-order valence-electron chi connectivity index (χ4n) is 4.18. The van der Waals surface area contributed by atoms with Crippen LogP contribution < -0.4 is 5.32 Å². The van der Waals surface area contributed by atoms with Gasteiger partial charge in [0.2, 0.25) is 5.91 Å². The van der Waals surface area contributed by atoms with Gasteiger partial charge in [-0.2, -0.15) is 0 Å². The Morgan fingerprint density at radius 1 is 1.00 bits per heavy atom. The van der Waals surface area contributed by atoms with Crippen molar-refractivity contribution < 1.29 is 13.2 Å². The first kappa shape index (κ1) is 15.6. The van der Waals surface area contributed by atoms with E-state index in [-0.39, 0.29) is 29.5 Å². The van der Waals surface area contributed by atoms with E-state index in [1.165, 1.54) is 31.3 Å². The Hall–Kier alpha value is -0.880. The number of rotatable bonds is 5. The highest BCUT2D eigenvalue weighted by Gasteiger charge is 2.42. The van der Waals surface area contributed by atoms with E-state index in [9.17, 15) is 13.2 Å². The van der Waals surface area contributed by atoms with Gasteiger partial charge in [-0.1, -0.05) is 5.57 Å². The topological polar surface area (TPSA) is 66.5 Å². The van der Waals surface area contributed by atoms with Crippen LogP contribution in [0.4, 0.5) is 0 Å². The van der Waals surface area contributed by atoms with Crippen LogP contribution >= 0.6 is 0 Å². The number of carbonyl (C=O) groups is 1. The third kappa shape index (κ3) is 3.63. The van der Waals surface area contributed by atoms with Crippen molar-refractivity contribution in [2.24, 2.45) is 11.8 Å². The van der Waals surface area contributed by atoms with Gasteiger partial charge >= 0.3 is 0 Å². The largest absolute Gasteiger partial charge is 0.347 e. The van der Waals surface area contributed by atoms with E-state index in [1.54, 1.807) is 6.08 Å². The fraction of sp³-hybridized carbons (Fsp3) is 0.824. The molecule has 2 aliphatic carbocycles. The summed E-state index contributed by atoms with van der Waals surface area (Å²) < 4.78 is 24.1. The maximum Gasteiger partial charge on any atom is 0.244 e. The van der Waals surface area contributed by atoms with Crippen LogP contribution in [0.2, 0.25) is 0 Å². The summed E-state index contributed by atoms with van der Waals surface area (Å²) >= 11 is 0. The van der Waals surface area contributed by atoms with Crippen molar-refractivity contribution in [1.29, 1.82) is 0 Å². The Morgan fingerprint density at radius 2 is 1.61 bits per heavy atom. The summed E-state index contributed by atoms with van der Waals surface area (Å²) in [5.74, 6) is 1.45. The van der Waals surface area contributed by atoms with Gasteiger partial charge in [0.15, 0.2) is 9.84 Å². The minimum atomic E-state index is -3.04. The number of hydrogen-bond acceptors (Lipinski definition) is 4. The molecular weight excluding hydrogens is 312 g/mol. The average molecular weight is 338 g/mol. The number of nitrogens with one attached hydrogen (secondary N) is 1. The molecule has 4 fully saturated rings. The number of hydrogen-bond donors (Lipinski definition) is 1. The predicted molar refractivity (Wildman–Crippen MR) is 88.7 cm³/mol. The number of sulfone groups is 1. The number of allylic oxidation sites excluding steroid dienone is 1. The van der Waals surface area contributed by atoms with Crippen molar-refractivity contribution in [3.8, 4) is 0 Å². The molecule has 23 heavy (non-hydrogen) atoms. The van der Waals surface area contributed by atoms with Gasteiger partial charge in [0.25, 0.3) is 0 Å². The fourth-order valence-corrected chi connectivity index (χ4v) is 6.13. The second kappa shape index (κ2) is 5.88. The minimum Gasteiger partial charge on any atom is -0.347 e. The second-order valence-electron chi connectivity index (χ2n) is 7.70. The summed E-state index contributed by atoms with van der Waals surface area (Å²) in [6.45, 7) is 1.91. The van der Waals surface area contributed by atoms with Gasteiger partial charge in [-0.3, -0.25) is 9.69 Å². The van der Waals surface area contributed by atoms with Crippen LogP contribution in [-0.4, -0.2) is 55.9 Å². The molecule has 0 aromatic rings. The monoisotopic (exact) mass is 338 g/mol. The molecular formula is C17H26N2O3S. The van der Waals surface area contributed by atoms with Crippen LogP contribution in [0.15, 0.2) is 11.6 Å². The quantitative estimate of drug-likeness (QED) is 0.763. The zero-order valence-corrected chi connectivity index (χ0v) is 14.4. The van der Waals surface area contributed by atoms with Crippen LogP contribution in [0.5, 0.6) is 0 Å². The number of nitrogens with zero attached hydrogens (tertiary/aromatic N) is 1. The molecule has 2 heterocycles. The molecule has 5 nitrogen and oxygen atoms in total. The van der Waals surface area contributed by atoms with E-state index in [2.05, 4.69) is 10.2 Å². The highest BCUT2D eigenvalue weighted by atomic mass is 32.2. The van der Waals surface area contributed by atoms with Crippen LogP contribution in [0.25, 0.3) is 0 Å². The molecule has 0 unspecified atom stereocenters. The summed E-state index contributed by atoms with van der Waals surface area (Å²) in [6, 6.07) is -0.286. The van der Waals surface area contributed by atoms with Crippen LogP contribution in [-0.2, 0) is 14.6 Å². The maximum atomic E-state index is 12.4. The van der Waals surface area contributed by atoms with Gasteiger partial charge in [0.1, 0.15) is 0 Å². The SMILES string of the molecule is O=C(C=C(C1CC1)C1CC1)N[C@@H]1CS(=O)(=O)C[C@H]1N1CCCC1. The first-order chi connectivity index (χ1) is 11.0. The zero-order valence-electron chi connectivity index (χ0n) is 13.5. The van der Waals surface area contributed by atoms with E-state index in [0.717, 1.165) is 25.9 Å². The second-order valence-corrected chi connectivity index (χ2v) is 9.85. The normalized spacial score (nSPS) is 33.6. The highest BCUT2D eigenvalue weighted by Crippen LogP contribution is 2.48. The van der Waals surface area contributed by atoms with Crippen LogP contribution in [0.3, 0.4) is 0 Å². The summed E-state index contributed by atoms with van der Waals surface area (Å²) in [6.07, 6.45) is 8.90. The van der Waals surface area contributed by atoms with E-state index in [0.29, 0.717) is 11.8 Å². The van der Waals surface area contributed by atoms with Crippen LogP contribution in [0.1, 0.15) is 38.5 Å². The molecule has 2 saturated carbocycles. The number of carbonyl (C=O) groups excluding carboxylic acids is 1. The van der Waals surface area contributed by atoms with E-state index >= 15 is 0 Å². The lowest BCUT2D eigenvalue weighted by molar-refractivity contribution is -0.117. The molecule has 2 aliphatic heterocycles. The van der Waals surface area contributed by atoms with Crippen molar-refractivity contribution in [3.63, 3.8) is 0 Å². The molecule has 0 bridgehead atoms. The summed E-state index contributed by atoms with van der Waals surface area (Å²) in [5, 5.41) is 3.02. The summed E-state index contributed by atoms with van der Waals surface area (Å²) in [5.41, 5.74) is 1.32. The molecule has 2 atom stereocenters. The predicted octanol–water partition coefficient (Wildman–Crippen LogP) is 1.11. The summed E-state index contributed by atoms with van der Waals surface area (Å²) in [7, 11) is -3.04. The molecule has 0 aromatic heterocycles. The van der Waals surface area contributed by atoms with E-state index in [1.807, 2.05) is 0 Å². The average Bonchev–Trinajstić information content (AvgIpc) is 3.40. The first-order valence-corrected chi connectivity index (χ1v) is 10.8. The Balaban J connectivity index is 1.45. The number of likely N-dealkylation sites (tertiary alicyclic amines) is 1. The van der Waals surface area contributed by atoms with Crippen molar-refractivity contribution >= 4 is 15.7 Å². The molecule has 6 heteroatoms. The molecule has 0 radical (unpaired) electrons. The van der Waals surface area contributed by atoms with Gasteiger partial charge in [0, 0.05) is 12.1 Å². The van der Waals surface area contributed by atoms with Gasteiger partial charge in [-0.05, 0) is 63.5 Å². The lowest BCUT2D eigenvalue weighted by Crippen LogP contribution is -2.50. The first-order valence-electron chi connectivity index (χ1n) is 8.98. The van der Waals surface area contributed by atoms with Gasteiger partial charge in [-0.15, -0.1) is 0 Å². The van der Waals surface area contributed by atoms with Gasteiger partial charge in [-0.25, -0.2) is 8.42 Å². The molecule has 4 rings (SSSR count). The maximum absolute atomic E-state index is 12.4. The van der Waals surface area contributed by atoms with Crippen molar-refractivity contribution in [1.82, 2.24) is 10.2 Å². The van der Waals surface area contributed by atoms with Crippen molar-refractivity contribution in [2.45, 2.75) is 50.6 Å². The van der Waals surface area contributed by atoms with Crippen LogP contribution in [0, 0.1) is 11.8 Å². The molecule has 0 aromatic carbocycles. The molecule has 4 aliphatic rings. The third-order valence-electron chi connectivity index (χ3n) is 5.66. The molecule has 1 amide bonds. The highest BCUT2D eigenvalue weighted by molar-refractivity contribution is 7.91.